The second-order valence-electron chi connectivity index (χ2n) is 8.15. The fraction of sp³-hybridized carbons (Fsp3) is 0.375. The average Bonchev–Trinajstić information content (AvgIpc) is 2.84. The molecule has 0 radical (unpaired) electrons. The molecule has 2 N–H and O–H groups in total. The number of carbonyl (C=O) groups is 3. The summed E-state index contributed by atoms with van der Waals surface area (Å²) in [4.78, 5) is 36.9. The van der Waals surface area contributed by atoms with E-state index in [2.05, 4.69) is 10.6 Å². The van der Waals surface area contributed by atoms with E-state index >= 15 is 0 Å². The lowest BCUT2D eigenvalue weighted by atomic mass is 10.1. The Morgan fingerprint density at radius 3 is 2.38 bits per heavy atom. The smallest absolute Gasteiger partial charge is 0.338 e. The topological polar surface area (TPSA) is 122 Å². The average molecular weight is 488 g/mol. The van der Waals surface area contributed by atoms with Crippen molar-refractivity contribution in [1.29, 1.82) is 0 Å². The molecule has 1 aliphatic heterocycles. The maximum Gasteiger partial charge on any atom is 0.338 e. The molecule has 0 spiro atoms. The van der Waals surface area contributed by atoms with Gasteiger partial charge in [-0.15, -0.1) is 0 Å². The summed E-state index contributed by atoms with van der Waals surface area (Å²) in [5.74, 6) is -1.66. The van der Waals surface area contributed by atoms with E-state index in [1.54, 1.807) is 6.92 Å². The van der Waals surface area contributed by atoms with Crippen molar-refractivity contribution in [3.05, 3.63) is 65.2 Å². The van der Waals surface area contributed by atoms with Crippen molar-refractivity contribution < 1.29 is 27.5 Å². The summed E-state index contributed by atoms with van der Waals surface area (Å²) >= 11 is 0. The number of urea groups is 1. The highest BCUT2D eigenvalue weighted by molar-refractivity contribution is 7.89. The molecule has 34 heavy (non-hydrogen) atoms. The minimum atomic E-state index is -3.75. The van der Waals surface area contributed by atoms with Gasteiger partial charge in [-0.3, -0.25) is 10.1 Å². The number of piperidine rings is 1. The summed E-state index contributed by atoms with van der Waals surface area (Å²) in [5.41, 5.74) is 1.39. The van der Waals surface area contributed by atoms with Gasteiger partial charge in [-0.1, -0.05) is 42.8 Å². The molecule has 1 aliphatic rings. The lowest BCUT2D eigenvalue weighted by Gasteiger charge is -2.26. The summed E-state index contributed by atoms with van der Waals surface area (Å²) in [6.45, 7) is 4.11. The minimum absolute atomic E-state index is 0.00867. The quantitative estimate of drug-likeness (QED) is 0.579. The van der Waals surface area contributed by atoms with Gasteiger partial charge in [0.2, 0.25) is 10.0 Å². The summed E-state index contributed by atoms with van der Waals surface area (Å²) < 4.78 is 32.7. The van der Waals surface area contributed by atoms with Crippen LogP contribution >= 0.6 is 0 Å². The number of hydrogen-bond acceptors (Lipinski definition) is 6. The lowest BCUT2D eigenvalue weighted by Crippen LogP contribution is -2.44. The molecule has 10 heteroatoms. The molecule has 1 heterocycles. The number of nitrogens with zero attached hydrogens (tertiary/aromatic N) is 1. The fourth-order valence-corrected chi connectivity index (χ4v) is 5.34. The molecule has 1 saturated heterocycles. The number of amides is 3. The standard InChI is InChI=1S/C24H29N3O6S/c1-17-11-12-20(15-21(17)34(31,32)27-13-7-4-8-14-27)23(29)33-18(2)22(28)26-24(30)25-16-19-9-5-3-6-10-19/h3,5-6,9-12,15,18H,4,7-8,13-14,16H2,1-2H3,(H2,25,26,28,30). The SMILES string of the molecule is Cc1ccc(C(=O)OC(C)C(=O)NC(=O)NCc2ccccc2)cc1S(=O)(=O)N1CCCCC1. The van der Waals surface area contributed by atoms with Gasteiger partial charge in [0.15, 0.2) is 6.10 Å². The van der Waals surface area contributed by atoms with Crippen LogP contribution in [0.5, 0.6) is 0 Å². The molecule has 3 rings (SSSR count). The van der Waals surface area contributed by atoms with Gasteiger partial charge in [0.05, 0.1) is 10.5 Å². The maximum atomic E-state index is 13.1. The zero-order chi connectivity index (χ0) is 24.7. The van der Waals surface area contributed by atoms with Gasteiger partial charge >= 0.3 is 12.0 Å². The molecule has 9 nitrogen and oxygen atoms in total. The van der Waals surface area contributed by atoms with Crippen LogP contribution in [-0.2, 0) is 26.1 Å². The van der Waals surface area contributed by atoms with Crippen molar-refractivity contribution in [3.8, 4) is 0 Å². The number of ether oxygens (including phenoxy) is 1. The molecule has 0 aromatic heterocycles. The Bertz CT molecular complexity index is 1140. The van der Waals surface area contributed by atoms with Crippen molar-refractivity contribution in [1.82, 2.24) is 14.9 Å². The molecule has 1 fully saturated rings. The van der Waals surface area contributed by atoms with Crippen LogP contribution in [0.4, 0.5) is 4.79 Å². The normalized spacial score (nSPS) is 15.2. The summed E-state index contributed by atoms with van der Waals surface area (Å²) in [6, 6.07) is 12.7. The zero-order valence-electron chi connectivity index (χ0n) is 19.2. The molecular formula is C24H29N3O6S. The minimum Gasteiger partial charge on any atom is -0.449 e. The van der Waals surface area contributed by atoms with Crippen LogP contribution in [0.25, 0.3) is 0 Å². The number of benzene rings is 2. The number of rotatable bonds is 7. The first kappa shape index (κ1) is 25.4. The summed E-state index contributed by atoms with van der Waals surface area (Å²) in [5, 5.41) is 4.67. The number of hydrogen-bond donors (Lipinski definition) is 2. The van der Waals surface area contributed by atoms with E-state index in [4.69, 9.17) is 4.74 Å². The Kier molecular flexibility index (Phi) is 8.41. The second-order valence-corrected chi connectivity index (χ2v) is 10.1. The molecule has 0 saturated carbocycles. The van der Waals surface area contributed by atoms with E-state index in [1.807, 2.05) is 30.3 Å². The second kappa shape index (κ2) is 11.3. The van der Waals surface area contributed by atoms with E-state index in [9.17, 15) is 22.8 Å². The van der Waals surface area contributed by atoms with Crippen LogP contribution in [0.2, 0.25) is 0 Å². The Hall–Kier alpha value is -3.24. The largest absolute Gasteiger partial charge is 0.449 e. The van der Waals surface area contributed by atoms with Crippen molar-refractivity contribution in [3.63, 3.8) is 0 Å². The molecule has 182 valence electrons. The molecule has 2 aromatic rings. The lowest BCUT2D eigenvalue weighted by molar-refractivity contribution is -0.127. The third-order valence-corrected chi connectivity index (χ3v) is 7.58. The maximum absolute atomic E-state index is 13.1. The highest BCUT2D eigenvalue weighted by Gasteiger charge is 2.29. The Morgan fingerprint density at radius 1 is 1.03 bits per heavy atom. The first-order valence-electron chi connectivity index (χ1n) is 11.1. The van der Waals surface area contributed by atoms with Gasteiger partial charge in [0, 0.05) is 19.6 Å². The van der Waals surface area contributed by atoms with Crippen molar-refractivity contribution in [2.45, 2.75) is 50.7 Å². The molecule has 0 aliphatic carbocycles. The number of imide groups is 1. The molecule has 3 amide bonds. The third kappa shape index (κ3) is 6.42. The number of carbonyl (C=O) groups excluding carboxylic acids is 3. The highest BCUT2D eigenvalue weighted by atomic mass is 32.2. The predicted molar refractivity (Wildman–Crippen MR) is 125 cm³/mol. The van der Waals surface area contributed by atoms with Crippen molar-refractivity contribution in [2.24, 2.45) is 0 Å². The zero-order valence-corrected chi connectivity index (χ0v) is 20.1. The van der Waals surface area contributed by atoms with Crippen LogP contribution in [0, 0.1) is 6.92 Å². The fourth-order valence-electron chi connectivity index (χ4n) is 3.57. The van der Waals surface area contributed by atoms with E-state index in [-0.39, 0.29) is 17.0 Å². The first-order chi connectivity index (χ1) is 16.2. The van der Waals surface area contributed by atoms with E-state index < -0.39 is 34.0 Å². The van der Waals surface area contributed by atoms with Crippen LogP contribution in [0.1, 0.15) is 47.7 Å². The Morgan fingerprint density at radius 2 is 1.71 bits per heavy atom. The summed E-state index contributed by atoms with van der Waals surface area (Å²) in [6.07, 6.45) is 1.32. The molecule has 0 bridgehead atoms. The van der Waals surface area contributed by atoms with Crippen molar-refractivity contribution >= 4 is 27.9 Å². The summed E-state index contributed by atoms with van der Waals surface area (Å²) in [7, 11) is -3.75. The van der Waals surface area contributed by atoms with Crippen molar-refractivity contribution in [2.75, 3.05) is 13.1 Å². The van der Waals surface area contributed by atoms with Gasteiger partial charge in [-0.05, 0) is 49.9 Å². The van der Waals surface area contributed by atoms with Gasteiger partial charge in [-0.2, -0.15) is 4.31 Å². The van der Waals surface area contributed by atoms with Crippen LogP contribution in [0.15, 0.2) is 53.4 Å². The van der Waals surface area contributed by atoms with Crippen LogP contribution < -0.4 is 10.6 Å². The predicted octanol–water partition coefficient (Wildman–Crippen LogP) is 2.74. The van der Waals surface area contributed by atoms with E-state index in [1.165, 1.54) is 29.4 Å². The Labute approximate surface area is 199 Å². The highest BCUT2D eigenvalue weighted by Crippen LogP contribution is 2.24. The molecular weight excluding hydrogens is 458 g/mol. The number of sulfonamides is 1. The van der Waals surface area contributed by atoms with Crippen LogP contribution in [0.3, 0.4) is 0 Å². The van der Waals surface area contributed by atoms with E-state index in [0.717, 1.165) is 24.8 Å². The first-order valence-corrected chi connectivity index (χ1v) is 12.6. The van der Waals surface area contributed by atoms with Crippen LogP contribution in [-0.4, -0.2) is 49.8 Å². The third-order valence-electron chi connectivity index (χ3n) is 5.54. The van der Waals surface area contributed by atoms with Gasteiger partial charge < -0.3 is 10.1 Å². The number of nitrogens with one attached hydrogen (secondary N) is 2. The monoisotopic (exact) mass is 487 g/mol. The number of esters is 1. The molecule has 2 aromatic carbocycles. The molecule has 1 atom stereocenters. The van der Waals surface area contributed by atoms with Gasteiger partial charge in [-0.25, -0.2) is 18.0 Å². The Balaban J connectivity index is 1.60. The van der Waals surface area contributed by atoms with E-state index in [0.29, 0.717) is 18.7 Å². The van der Waals surface area contributed by atoms with Gasteiger partial charge in [0.25, 0.3) is 5.91 Å². The molecule has 1 unspecified atom stereocenters. The van der Waals surface area contributed by atoms with Gasteiger partial charge in [0.1, 0.15) is 0 Å². The number of aryl methyl sites for hydroxylation is 1.